The van der Waals surface area contributed by atoms with Gasteiger partial charge in [0.05, 0.1) is 12.2 Å². The Bertz CT molecular complexity index is 811. The molecule has 0 radical (unpaired) electrons. The smallest absolute Gasteiger partial charge is 0.261 e. The Balaban J connectivity index is 2.08. The standard InChI is InChI=1S/C19H21BrN2O3S/c1-12-4-6-16(13(2)10-12)21-19(26)22-18(23)15-11-14(20)5-7-17(15)25-9-8-24-3/h4-7,10-11H,8-9H2,1-3H3,(H2,21,22,23,26). The van der Waals surface area contributed by atoms with Crippen LogP contribution < -0.4 is 15.4 Å². The number of amides is 1. The Hall–Kier alpha value is -1.96. The zero-order valence-corrected chi connectivity index (χ0v) is 17.3. The highest BCUT2D eigenvalue weighted by atomic mass is 79.9. The van der Waals surface area contributed by atoms with E-state index in [9.17, 15) is 4.79 Å². The maximum absolute atomic E-state index is 12.6. The van der Waals surface area contributed by atoms with Gasteiger partial charge in [-0.05, 0) is 55.9 Å². The molecule has 2 rings (SSSR count). The number of aryl methyl sites for hydroxylation is 2. The molecule has 1 amide bonds. The molecule has 2 aromatic rings. The second kappa shape index (κ2) is 9.66. The number of hydrogen-bond donors (Lipinski definition) is 2. The fourth-order valence-corrected chi connectivity index (χ4v) is 2.88. The van der Waals surface area contributed by atoms with E-state index in [1.165, 1.54) is 0 Å². The van der Waals surface area contributed by atoms with Crippen molar-refractivity contribution in [3.8, 4) is 5.75 Å². The van der Waals surface area contributed by atoms with Crippen molar-refractivity contribution in [2.75, 3.05) is 25.6 Å². The van der Waals surface area contributed by atoms with Crippen LogP contribution in [0.15, 0.2) is 40.9 Å². The molecule has 26 heavy (non-hydrogen) atoms. The van der Waals surface area contributed by atoms with Gasteiger partial charge in [-0.1, -0.05) is 33.6 Å². The predicted molar refractivity (Wildman–Crippen MR) is 111 cm³/mol. The van der Waals surface area contributed by atoms with Gasteiger partial charge in [-0.2, -0.15) is 0 Å². The van der Waals surface area contributed by atoms with Crippen LogP contribution in [0.2, 0.25) is 0 Å². The Morgan fingerprint density at radius 2 is 1.92 bits per heavy atom. The number of benzene rings is 2. The van der Waals surface area contributed by atoms with Crippen LogP contribution in [0.4, 0.5) is 5.69 Å². The number of halogens is 1. The van der Waals surface area contributed by atoms with E-state index < -0.39 is 0 Å². The highest BCUT2D eigenvalue weighted by molar-refractivity contribution is 9.10. The van der Waals surface area contributed by atoms with Gasteiger partial charge in [0.2, 0.25) is 0 Å². The molecule has 2 aromatic carbocycles. The summed E-state index contributed by atoms with van der Waals surface area (Å²) in [5, 5.41) is 5.97. The molecule has 7 heteroatoms. The van der Waals surface area contributed by atoms with Gasteiger partial charge in [-0.25, -0.2) is 0 Å². The monoisotopic (exact) mass is 436 g/mol. The Labute approximate surface area is 167 Å². The van der Waals surface area contributed by atoms with Gasteiger partial charge in [0.1, 0.15) is 12.4 Å². The lowest BCUT2D eigenvalue weighted by Gasteiger charge is -2.14. The fraction of sp³-hybridized carbons (Fsp3) is 0.263. The molecule has 0 spiro atoms. The number of nitrogens with one attached hydrogen (secondary N) is 2. The third-order valence-corrected chi connectivity index (χ3v) is 4.29. The van der Waals surface area contributed by atoms with Crippen LogP contribution in [0.5, 0.6) is 5.75 Å². The summed E-state index contributed by atoms with van der Waals surface area (Å²) >= 11 is 8.65. The van der Waals surface area contributed by atoms with E-state index in [4.69, 9.17) is 21.7 Å². The van der Waals surface area contributed by atoms with Crippen molar-refractivity contribution in [1.29, 1.82) is 0 Å². The molecule has 2 N–H and O–H groups in total. The number of ether oxygens (including phenoxy) is 2. The molecule has 0 unspecified atom stereocenters. The first-order valence-electron chi connectivity index (χ1n) is 8.01. The summed E-state index contributed by atoms with van der Waals surface area (Å²) < 4.78 is 11.4. The number of anilines is 1. The van der Waals surface area contributed by atoms with Crippen LogP contribution >= 0.6 is 28.1 Å². The van der Waals surface area contributed by atoms with Crippen LogP contribution in [-0.2, 0) is 4.74 Å². The molecule has 0 atom stereocenters. The highest BCUT2D eigenvalue weighted by Crippen LogP contribution is 2.23. The second-order valence-electron chi connectivity index (χ2n) is 5.71. The van der Waals surface area contributed by atoms with Crippen LogP contribution in [0.1, 0.15) is 21.5 Å². The lowest BCUT2D eigenvalue weighted by atomic mass is 10.1. The van der Waals surface area contributed by atoms with Crippen molar-refractivity contribution in [2.45, 2.75) is 13.8 Å². The molecule has 0 bridgehead atoms. The SMILES string of the molecule is COCCOc1ccc(Br)cc1C(=O)NC(=S)Nc1ccc(C)cc1C. The van der Waals surface area contributed by atoms with Crippen molar-refractivity contribution < 1.29 is 14.3 Å². The van der Waals surface area contributed by atoms with E-state index >= 15 is 0 Å². The van der Waals surface area contributed by atoms with Crippen molar-refractivity contribution in [2.24, 2.45) is 0 Å². The summed E-state index contributed by atoms with van der Waals surface area (Å²) in [5.74, 6) is 0.123. The number of carbonyl (C=O) groups is 1. The Morgan fingerprint density at radius 1 is 1.15 bits per heavy atom. The summed E-state index contributed by atoms with van der Waals surface area (Å²) in [7, 11) is 1.59. The maximum Gasteiger partial charge on any atom is 0.261 e. The van der Waals surface area contributed by atoms with Gasteiger partial charge in [-0.3, -0.25) is 10.1 Å². The van der Waals surface area contributed by atoms with Gasteiger partial charge in [0, 0.05) is 17.3 Å². The summed E-state index contributed by atoms with van der Waals surface area (Å²) in [5.41, 5.74) is 3.45. The minimum absolute atomic E-state index is 0.227. The average Bonchev–Trinajstić information content (AvgIpc) is 2.58. The summed E-state index contributed by atoms with van der Waals surface area (Å²) in [4.78, 5) is 12.6. The molecular weight excluding hydrogens is 416 g/mol. The van der Waals surface area contributed by atoms with E-state index in [2.05, 4.69) is 26.6 Å². The molecule has 0 aromatic heterocycles. The minimum Gasteiger partial charge on any atom is -0.490 e. The highest BCUT2D eigenvalue weighted by Gasteiger charge is 2.15. The third kappa shape index (κ3) is 5.79. The topological polar surface area (TPSA) is 59.6 Å². The summed E-state index contributed by atoms with van der Waals surface area (Å²) in [6.07, 6.45) is 0. The number of hydrogen-bond acceptors (Lipinski definition) is 4. The predicted octanol–water partition coefficient (Wildman–Crippen LogP) is 4.22. The Kier molecular flexibility index (Phi) is 7.56. The van der Waals surface area contributed by atoms with Gasteiger partial charge in [0.15, 0.2) is 5.11 Å². The average molecular weight is 437 g/mol. The van der Waals surface area contributed by atoms with Gasteiger partial charge >= 0.3 is 0 Å². The largest absolute Gasteiger partial charge is 0.490 e. The third-order valence-electron chi connectivity index (χ3n) is 3.59. The van der Waals surface area contributed by atoms with Crippen molar-refractivity contribution in [3.05, 3.63) is 57.6 Å². The van der Waals surface area contributed by atoms with E-state index in [1.807, 2.05) is 38.1 Å². The normalized spacial score (nSPS) is 10.3. The lowest BCUT2D eigenvalue weighted by molar-refractivity contribution is 0.0969. The molecule has 0 heterocycles. The van der Waals surface area contributed by atoms with Crippen LogP contribution in [0, 0.1) is 13.8 Å². The number of thiocarbonyl (C=S) groups is 1. The van der Waals surface area contributed by atoms with E-state index in [0.29, 0.717) is 24.5 Å². The maximum atomic E-state index is 12.6. The minimum atomic E-state index is -0.346. The van der Waals surface area contributed by atoms with Gasteiger partial charge in [-0.15, -0.1) is 0 Å². The molecule has 0 saturated heterocycles. The van der Waals surface area contributed by atoms with Crippen LogP contribution in [0.3, 0.4) is 0 Å². The van der Waals surface area contributed by atoms with Gasteiger partial charge < -0.3 is 14.8 Å². The quantitative estimate of drug-likeness (QED) is 0.524. The first kappa shape index (κ1) is 20.4. The number of carbonyl (C=O) groups excluding carboxylic acids is 1. The summed E-state index contributed by atoms with van der Waals surface area (Å²) in [6, 6.07) is 11.2. The lowest BCUT2D eigenvalue weighted by Crippen LogP contribution is -2.34. The fourth-order valence-electron chi connectivity index (χ4n) is 2.32. The molecule has 0 saturated carbocycles. The molecule has 5 nitrogen and oxygen atoms in total. The molecule has 0 aliphatic heterocycles. The second-order valence-corrected chi connectivity index (χ2v) is 7.03. The Morgan fingerprint density at radius 3 is 2.62 bits per heavy atom. The zero-order chi connectivity index (χ0) is 19.1. The zero-order valence-electron chi connectivity index (χ0n) is 14.9. The number of rotatable bonds is 6. The molecule has 0 fully saturated rings. The molecular formula is C19H21BrN2O3S. The van der Waals surface area contributed by atoms with Crippen molar-refractivity contribution in [3.63, 3.8) is 0 Å². The van der Waals surface area contributed by atoms with Gasteiger partial charge in [0.25, 0.3) is 5.91 Å². The summed E-state index contributed by atoms with van der Waals surface area (Å²) in [6.45, 7) is 4.79. The van der Waals surface area contributed by atoms with E-state index in [0.717, 1.165) is 21.3 Å². The first-order chi connectivity index (χ1) is 12.4. The van der Waals surface area contributed by atoms with E-state index in [-0.39, 0.29) is 11.0 Å². The van der Waals surface area contributed by atoms with Crippen LogP contribution in [-0.4, -0.2) is 31.3 Å². The van der Waals surface area contributed by atoms with Crippen molar-refractivity contribution in [1.82, 2.24) is 5.32 Å². The van der Waals surface area contributed by atoms with E-state index in [1.54, 1.807) is 19.2 Å². The molecule has 138 valence electrons. The first-order valence-corrected chi connectivity index (χ1v) is 9.21. The molecule has 0 aliphatic rings. The molecule has 0 aliphatic carbocycles. The van der Waals surface area contributed by atoms with Crippen LogP contribution in [0.25, 0.3) is 0 Å². The number of methoxy groups -OCH3 is 1. The van der Waals surface area contributed by atoms with Crippen molar-refractivity contribution >= 4 is 44.9 Å².